The van der Waals surface area contributed by atoms with Crippen molar-refractivity contribution in [2.75, 3.05) is 0 Å². The lowest BCUT2D eigenvalue weighted by atomic mass is 9.47. The average Bonchev–Trinajstić information content (AvgIpc) is 2.96. The molecule has 7 atom stereocenters. The van der Waals surface area contributed by atoms with E-state index in [0.29, 0.717) is 10.8 Å². The molecule has 0 amide bonds. The SMILES string of the molecule is CC(C)CCCC[C@H]1CCC2C3CC=C4C[C@@H](O)CCC4(C)C3CC[C@@]21C. The predicted octanol–water partition coefficient (Wildman–Crippen LogP) is 7.14. The Kier molecular flexibility index (Phi) is 5.56. The van der Waals surface area contributed by atoms with Crippen molar-refractivity contribution in [2.24, 2.45) is 40.4 Å². The van der Waals surface area contributed by atoms with E-state index in [0.717, 1.165) is 42.4 Å². The van der Waals surface area contributed by atoms with E-state index in [1.165, 1.54) is 64.2 Å². The molecule has 0 radical (unpaired) electrons. The smallest absolute Gasteiger partial charge is 0.0577 e. The highest BCUT2D eigenvalue weighted by Gasteiger charge is 2.58. The van der Waals surface area contributed by atoms with Gasteiger partial charge >= 0.3 is 0 Å². The molecule has 0 aliphatic heterocycles. The van der Waals surface area contributed by atoms with Gasteiger partial charge in [0.05, 0.1) is 6.10 Å². The van der Waals surface area contributed by atoms with Gasteiger partial charge in [-0.2, -0.15) is 0 Å². The van der Waals surface area contributed by atoms with Gasteiger partial charge in [-0.25, -0.2) is 0 Å². The second-order valence-corrected chi connectivity index (χ2v) is 11.7. The largest absolute Gasteiger partial charge is 0.393 e. The molecule has 0 spiro atoms. The monoisotopic (exact) mass is 372 g/mol. The molecule has 0 bridgehead atoms. The first-order valence-electron chi connectivity index (χ1n) is 12.2. The van der Waals surface area contributed by atoms with Gasteiger partial charge in [0.25, 0.3) is 0 Å². The number of aliphatic hydroxyl groups excluding tert-OH is 1. The standard InChI is InChI=1S/C26H44O/c1-18(2)7-5-6-8-19-10-12-23-22-11-9-20-17-21(27)13-15-26(20,4)24(22)14-16-25(19,23)3/h9,18-19,21-24,27H,5-8,10-17H2,1-4H3/t19-,21-,22?,23?,24?,25+,26?/m0/s1. The maximum atomic E-state index is 10.2. The molecule has 1 N–H and O–H groups in total. The summed E-state index contributed by atoms with van der Waals surface area (Å²) in [6, 6.07) is 0. The number of allylic oxidation sites excluding steroid dienone is 1. The first-order chi connectivity index (χ1) is 12.8. The Balaban J connectivity index is 1.46. The minimum absolute atomic E-state index is 0.0727. The van der Waals surface area contributed by atoms with Crippen molar-refractivity contribution in [1.82, 2.24) is 0 Å². The van der Waals surface area contributed by atoms with Crippen LogP contribution >= 0.6 is 0 Å². The minimum Gasteiger partial charge on any atom is -0.393 e. The number of fused-ring (bicyclic) bond motifs is 5. The van der Waals surface area contributed by atoms with Crippen LogP contribution in [0.4, 0.5) is 0 Å². The molecule has 0 aromatic carbocycles. The molecular formula is C26H44O. The number of aliphatic hydroxyl groups is 1. The molecule has 4 aliphatic carbocycles. The predicted molar refractivity (Wildman–Crippen MR) is 115 cm³/mol. The summed E-state index contributed by atoms with van der Waals surface area (Å²) in [5.74, 6) is 4.64. The van der Waals surface area contributed by atoms with Crippen molar-refractivity contribution in [2.45, 2.75) is 111 Å². The summed E-state index contributed by atoms with van der Waals surface area (Å²) in [6.07, 6.45) is 18.7. The van der Waals surface area contributed by atoms with Crippen LogP contribution in [0, 0.1) is 40.4 Å². The van der Waals surface area contributed by atoms with Crippen LogP contribution in [-0.4, -0.2) is 11.2 Å². The third kappa shape index (κ3) is 3.45. The maximum Gasteiger partial charge on any atom is 0.0577 e. The molecule has 3 fully saturated rings. The molecule has 0 heterocycles. The second kappa shape index (κ2) is 7.51. The molecular weight excluding hydrogens is 328 g/mol. The van der Waals surface area contributed by atoms with E-state index in [2.05, 4.69) is 33.8 Å². The molecule has 4 rings (SSSR count). The molecule has 0 saturated heterocycles. The fourth-order valence-electron chi connectivity index (χ4n) is 8.17. The van der Waals surface area contributed by atoms with E-state index in [9.17, 15) is 5.11 Å². The molecule has 1 heteroatoms. The van der Waals surface area contributed by atoms with Gasteiger partial charge in [-0.3, -0.25) is 0 Å². The Labute approximate surface area is 168 Å². The van der Waals surface area contributed by atoms with Crippen molar-refractivity contribution in [1.29, 1.82) is 0 Å². The number of unbranched alkanes of at least 4 members (excludes halogenated alkanes) is 1. The summed E-state index contributed by atoms with van der Waals surface area (Å²) in [6.45, 7) is 9.97. The lowest BCUT2D eigenvalue weighted by molar-refractivity contribution is -0.0508. The molecule has 4 unspecified atom stereocenters. The van der Waals surface area contributed by atoms with Crippen LogP contribution < -0.4 is 0 Å². The van der Waals surface area contributed by atoms with E-state index in [1.807, 2.05) is 0 Å². The summed E-state index contributed by atoms with van der Waals surface area (Å²) in [5.41, 5.74) is 2.64. The van der Waals surface area contributed by atoms with Crippen LogP contribution in [0.15, 0.2) is 11.6 Å². The van der Waals surface area contributed by atoms with Crippen LogP contribution in [0.25, 0.3) is 0 Å². The van der Waals surface area contributed by atoms with Gasteiger partial charge in [0.1, 0.15) is 0 Å². The quantitative estimate of drug-likeness (QED) is 0.401. The first-order valence-corrected chi connectivity index (χ1v) is 12.2. The van der Waals surface area contributed by atoms with Gasteiger partial charge in [-0.1, -0.05) is 58.6 Å². The van der Waals surface area contributed by atoms with E-state index < -0.39 is 0 Å². The highest BCUT2D eigenvalue weighted by atomic mass is 16.3. The fourth-order valence-corrected chi connectivity index (χ4v) is 8.17. The lowest BCUT2D eigenvalue weighted by Gasteiger charge is -2.58. The van der Waals surface area contributed by atoms with Gasteiger partial charge in [0, 0.05) is 0 Å². The van der Waals surface area contributed by atoms with E-state index in [1.54, 1.807) is 5.57 Å². The average molecular weight is 373 g/mol. The Bertz CT molecular complexity index is 563. The zero-order valence-electron chi connectivity index (χ0n) is 18.5. The Morgan fingerprint density at radius 2 is 1.85 bits per heavy atom. The summed E-state index contributed by atoms with van der Waals surface area (Å²) in [4.78, 5) is 0. The Morgan fingerprint density at radius 1 is 1.04 bits per heavy atom. The molecule has 0 aromatic rings. The number of hydrogen-bond acceptors (Lipinski definition) is 1. The maximum absolute atomic E-state index is 10.2. The number of rotatable bonds is 5. The molecule has 0 aromatic heterocycles. The van der Waals surface area contributed by atoms with Gasteiger partial charge in [0.2, 0.25) is 0 Å². The third-order valence-corrected chi connectivity index (χ3v) is 9.86. The molecule has 27 heavy (non-hydrogen) atoms. The van der Waals surface area contributed by atoms with Crippen molar-refractivity contribution in [3.05, 3.63) is 11.6 Å². The van der Waals surface area contributed by atoms with E-state index >= 15 is 0 Å². The summed E-state index contributed by atoms with van der Waals surface area (Å²) in [5, 5.41) is 10.2. The van der Waals surface area contributed by atoms with Crippen LogP contribution in [-0.2, 0) is 0 Å². The van der Waals surface area contributed by atoms with Crippen molar-refractivity contribution in [3.8, 4) is 0 Å². The van der Waals surface area contributed by atoms with E-state index in [4.69, 9.17) is 0 Å². The second-order valence-electron chi connectivity index (χ2n) is 11.7. The van der Waals surface area contributed by atoms with Crippen LogP contribution in [0.5, 0.6) is 0 Å². The highest BCUT2D eigenvalue weighted by molar-refractivity contribution is 5.25. The normalized spacial score (nSPS) is 46.6. The van der Waals surface area contributed by atoms with Gasteiger partial charge in [-0.15, -0.1) is 0 Å². The lowest BCUT2D eigenvalue weighted by Crippen LogP contribution is -2.50. The van der Waals surface area contributed by atoms with E-state index in [-0.39, 0.29) is 6.10 Å². The highest BCUT2D eigenvalue weighted by Crippen LogP contribution is 2.66. The number of hydrogen-bond donors (Lipinski definition) is 1. The van der Waals surface area contributed by atoms with Crippen molar-refractivity contribution < 1.29 is 5.11 Å². The fraction of sp³-hybridized carbons (Fsp3) is 0.923. The zero-order valence-corrected chi connectivity index (χ0v) is 18.5. The molecule has 4 aliphatic rings. The molecule has 1 nitrogen and oxygen atoms in total. The summed E-state index contributed by atoms with van der Waals surface area (Å²) < 4.78 is 0. The summed E-state index contributed by atoms with van der Waals surface area (Å²) >= 11 is 0. The van der Waals surface area contributed by atoms with Crippen molar-refractivity contribution >= 4 is 0 Å². The first kappa shape index (κ1) is 20.0. The summed E-state index contributed by atoms with van der Waals surface area (Å²) in [7, 11) is 0. The third-order valence-electron chi connectivity index (χ3n) is 9.86. The van der Waals surface area contributed by atoms with Gasteiger partial charge in [-0.05, 0) is 98.2 Å². The van der Waals surface area contributed by atoms with Crippen LogP contribution in [0.1, 0.15) is 105 Å². The topological polar surface area (TPSA) is 20.2 Å². The van der Waals surface area contributed by atoms with Gasteiger partial charge < -0.3 is 5.11 Å². The molecule has 154 valence electrons. The van der Waals surface area contributed by atoms with Crippen molar-refractivity contribution in [3.63, 3.8) is 0 Å². The van der Waals surface area contributed by atoms with Gasteiger partial charge in [0.15, 0.2) is 0 Å². The Morgan fingerprint density at radius 3 is 2.63 bits per heavy atom. The Hall–Kier alpha value is -0.300. The van der Waals surface area contributed by atoms with Crippen LogP contribution in [0.2, 0.25) is 0 Å². The molecule has 3 saturated carbocycles. The van der Waals surface area contributed by atoms with Crippen LogP contribution in [0.3, 0.4) is 0 Å². The zero-order chi connectivity index (χ0) is 19.2. The minimum atomic E-state index is -0.0727.